The van der Waals surface area contributed by atoms with Gasteiger partial charge in [0.15, 0.2) is 0 Å². The molecular weight excluding hydrogens is 224 g/mol. The van der Waals surface area contributed by atoms with E-state index in [1.54, 1.807) is 25.7 Å². The Kier molecular flexibility index (Phi) is 8.37. The molecule has 0 unspecified atom stereocenters. The molecule has 0 spiro atoms. The van der Waals surface area contributed by atoms with Crippen LogP contribution in [-0.4, -0.2) is 12.9 Å². The van der Waals surface area contributed by atoms with Gasteiger partial charge in [0.05, 0.1) is 12.5 Å². The van der Waals surface area contributed by atoms with Crippen molar-refractivity contribution in [2.45, 2.75) is 27.2 Å². The molecule has 1 rings (SSSR count). The van der Waals surface area contributed by atoms with Crippen LogP contribution in [0, 0.1) is 12.8 Å². The third-order valence-electron chi connectivity index (χ3n) is 2.18. The van der Waals surface area contributed by atoms with Crippen molar-refractivity contribution >= 4 is 5.84 Å². The van der Waals surface area contributed by atoms with Crippen molar-refractivity contribution in [1.29, 1.82) is 0 Å². The van der Waals surface area contributed by atoms with E-state index in [4.69, 9.17) is 10.2 Å². The molecule has 1 aromatic rings. The van der Waals surface area contributed by atoms with Gasteiger partial charge in [-0.3, -0.25) is 4.99 Å². The molecule has 3 nitrogen and oxygen atoms in total. The number of nitrogens with two attached hydrogens (primary N) is 1. The van der Waals surface area contributed by atoms with E-state index in [1.165, 1.54) is 5.56 Å². The van der Waals surface area contributed by atoms with Crippen LogP contribution < -0.4 is 5.73 Å². The van der Waals surface area contributed by atoms with Gasteiger partial charge in [-0.05, 0) is 36.5 Å². The summed E-state index contributed by atoms with van der Waals surface area (Å²) in [5, 5.41) is 0. The molecule has 3 heteroatoms. The minimum atomic E-state index is 0.594. The van der Waals surface area contributed by atoms with Crippen molar-refractivity contribution in [1.82, 2.24) is 0 Å². The number of aryl methyl sites for hydroxylation is 1. The highest BCUT2D eigenvalue weighted by molar-refractivity contribution is 5.97. The molecule has 0 aliphatic heterocycles. The van der Waals surface area contributed by atoms with Gasteiger partial charge >= 0.3 is 0 Å². The van der Waals surface area contributed by atoms with Crippen LogP contribution in [0.1, 0.15) is 25.8 Å². The first kappa shape index (κ1) is 16.2. The fraction of sp³-hybridized carbons (Fsp3) is 0.400. The summed E-state index contributed by atoms with van der Waals surface area (Å²) in [5.74, 6) is 1.21. The summed E-state index contributed by atoms with van der Waals surface area (Å²) in [5.41, 5.74) is 7.93. The van der Waals surface area contributed by atoms with E-state index in [0.717, 1.165) is 12.0 Å². The van der Waals surface area contributed by atoms with Crippen LogP contribution in [0.25, 0.3) is 0 Å². The molecule has 0 saturated heterocycles. The zero-order chi connectivity index (χ0) is 14.0. The van der Waals surface area contributed by atoms with Gasteiger partial charge in [-0.1, -0.05) is 32.6 Å². The Balaban J connectivity index is 0.000000397. The second-order valence-electron chi connectivity index (χ2n) is 4.44. The zero-order valence-corrected chi connectivity index (χ0v) is 11.8. The lowest BCUT2D eigenvalue weighted by molar-refractivity contribution is 0.565. The Bertz CT molecular complexity index is 387. The average Bonchev–Trinajstić information content (AvgIpc) is 2.79. The molecule has 2 N–H and O–H groups in total. The van der Waals surface area contributed by atoms with E-state index >= 15 is 0 Å². The van der Waals surface area contributed by atoms with Crippen LogP contribution in [0.15, 0.2) is 52.3 Å². The lowest BCUT2D eigenvalue weighted by Crippen LogP contribution is -2.15. The van der Waals surface area contributed by atoms with Crippen molar-refractivity contribution in [3.05, 3.63) is 48.5 Å². The molecule has 0 aromatic carbocycles. The lowest BCUT2D eigenvalue weighted by atomic mass is 10.0. The van der Waals surface area contributed by atoms with Crippen LogP contribution in [0.4, 0.5) is 0 Å². The van der Waals surface area contributed by atoms with Crippen molar-refractivity contribution in [2.24, 2.45) is 16.6 Å². The highest BCUT2D eigenvalue weighted by Gasteiger charge is 2.03. The molecular formula is C15H24N2O. The Labute approximate surface area is 110 Å². The maximum Gasteiger partial charge on any atom is 0.121 e. The number of hydrogen-bond donors (Lipinski definition) is 1. The average molecular weight is 248 g/mol. The van der Waals surface area contributed by atoms with Gasteiger partial charge in [-0.15, -0.1) is 0 Å². The van der Waals surface area contributed by atoms with Crippen molar-refractivity contribution < 1.29 is 4.42 Å². The van der Waals surface area contributed by atoms with Gasteiger partial charge in [-0.25, -0.2) is 0 Å². The van der Waals surface area contributed by atoms with Crippen molar-refractivity contribution in [2.75, 3.05) is 7.05 Å². The molecule has 0 aliphatic rings. The summed E-state index contributed by atoms with van der Waals surface area (Å²) in [7, 11) is 1.70. The molecule has 100 valence electrons. The topological polar surface area (TPSA) is 51.5 Å². The van der Waals surface area contributed by atoms with E-state index in [-0.39, 0.29) is 0 Å². The summed E-state index contributed by atoms with van der Waals surface area (Å²) >= 11 is 0. The first-order chi connectivity index (χ1) is 8.51. The first-order valence-corrected chi connectivity index (χ1v) is 6.04. The highest BCUT2D eigenvalue weighted by Crippen LogP contribution is 2.10. The van der Waals surface area contributed by atoms with E-state index in [2.05, 4.69) is 25.4 Å². The summed E-state index contributed by atoms with van der Waals surface area (Å²) in [4.78, 5) is 3.94. The van der Waals surface area contributed by atoms with E-state index in [9.17, 15) is 0 Å². The second-order valence-corrected chi connectivity index (χ2v) is 4.44. The van der Waals surface area contributed by atoms with Gasteiger partial charge in [0.1, 0.15) is 5.84 Å². The summed E-state index contributed by atoms with van der Waals surface area (Å²) in [6.07, 6.45) is 7.99. The smallest absolute Gasteiger partial charge is 0.121 e. The summed E-state index contributed by atoms with van der Waals surface area (Å²) in [6.45, 7) is 9.93. The number of nitrogens with zero attached hydrogens (tertiary/aromatic N) is 1. The number of aliphatic imine (C=N–C) groups is 1. The minimum absolute atomic E-state index is 0.594. The molecule has 0 amide bonds. The standard InChI is InChI=1S/C10H18N2.C5H6O/c1-5-6-9(7-8(2)3)10(11)12-4;1-5-2-3-6-4-5/h5-6,8H,1,7H2,2-4H3,(H2,11,12);2-4H,1H3/b9-6-;. The van der Waals surface area contributed by atoms with Crippen LogP contribution >= 0.6 is 0 Å². The van der Waals surface area contributed by atoms with E-state index in [1.807, 2.05) is 19.1 Å². The molecule has 0 radical (unpaired) electrons. The van der Waals surface area contributed by atoms with Gasteiger partial charge in [0, 0.05) is 7.05 Å². The number of amidine groups is 1. The summed E-state index contributed by atoms with van der Waals surface area (Å²) < 4.78 is 4.71. The molecule has 0 atom stereocenters. The molecule has 1 heterocycles. The number of rotatable bonds is 4. The normalized spacial score (nSPS) is 12.1. The molecule has 0 saturated carbocycles. The maximum absolute atomic E-state index is 5.69. The Morgan fingerprint density at radius 3 is 2.50 bits per heavy atom. The fourth-order valence-corrected chi connectivity index (χ4v) is 1.32. The first-order valence-electron chi connectivity index (χ1n) is 6.04. The van der Waals surface area contributed by atoms with Gasteiger partial charge in [0.2, 0.25) is 0 Å². The largest absolute Gasteiger partial charge is 0.472 e. The molecule has 0 aliphatic carbocycles. The van der Waals surface area contributed by atoms with Gasteiger partial charge < -0.3 is 10.2 Å². The van der Waals surface area contributed by atoms with Crippen LogP contribution in [0.3, 0.4) is 0 Å². The monoisotopic (exact) mass is 248 g/mol. The van der Waals surface area contributed by atoms with Crippen LogP contribution in [0.5, 0.6) is 0 Å². The predicted molar refractivity (Wildman–Crippen MR) is 78.7 cm³/mol. The number of hydrogen-bond acceptors (Lipinski definition) is 2. The lowest BCUT2D eigenvalue weighted by Gasteiger charge is -2.08. The Hall–Kier alpha value is -1.77. The van der Waals surface area contributed by atoms with Gasteiger partial charge in [-0.2, -0.15) is 0 Å². The van der Waals surface area contributed by atoms with E-state index in [0.29, 0.717) is 11.8 Å². The molecule has 0 fully saturated rings. The third kappa shape index (κ3) is 7.49. The Morgan fingerprint density at radius 1 is 1.56 bits per heavy atom. The fourth-order valence-electron chi connectivity index (χ4n) is 1.32. The zero-order valence-electron chi connectivity index (χ0n) is 11.8. The SMILES string of the molecule is C=C/C=C(/CC(C)C)C(N)=NC.Cc1ccoc1. The molecule has 18 heavy (non-hydrogen) atoms. The highest BCUT2D eigenvalue weighted by atomic mass is 16.3. The number of allylic oxidation sites excluding steroid dienone is 2. The van der Waals surface area contributed by atoms with Crippen LogP contribution in [-0.2, 0) is 0 Å². The minimum Gasteiger partial charge on any atom is -0.472 e. The molecule has 0 bridgehead atoms. The second kappa shape index (κ2) is 9.28. The van der Waals surface area contributed by atoms with Gasteiger partial charge in [0.25, 0.3) is 0 Å². The third-order valence-corrected chi connectivity index (χ3v) is 2.18. The molecule has 1 aromatic heterocycles. The quantitative estimate of drug-likeness (QED) is 0.501. The number of furan rings is 1. The maximum atomic E-state index is 5.69. The summed E-state index contributed by atoms with van der Waals surface area (Å²) in [6, 6.07) is 1.92. The predicted octanol–water partition coefficient (Wildman–Crippen LogP) is 3.72. The van der Waals surface area contributed by atoms with Crippen LogP contribution in [0.2, 0.25) is 0 Å². The van der Waals surface area contributed by atoms with Crippen molar-refractivity contribution in [3.63, 3.8) is 0 Å². The Morgan fingerprint density at radius 2 is 2.22 bits per heavy atom. The van der Waals surface area contributed by atoms with Crippen molar-refractivity contribution in [3.8, 4) is 0 Å². The van der Waals surface area contributed by atoms with E-state index < -0.39 is 0 Å².